The Bertz CT molecular complexity index is 1110. The van der Waals surface area contributed by atoms with Crippen molar-refractivity contribution in [2.24, 2.45) is 5.73 Å². The number of halogens is 2. The maximum atomic E-state index is 13.3. The van der Waals surface area contributed by atoms with E-state index < -0.39 is 23.9 Å². The molecule has 0 spiro atoms. The maximum absolute atomic E-state index is 13.3. The topological polar surface area (TPSA) is 117 Å². The lowest BCUT2D eigenvalue weighted by atomic mass is 10.1. The molecule has 2 atom stereocenters. The average molecular weight is 477 g/mol. The van der Waals surface area contributed by atoms with Gasteiger partial charge in [0.1, 0.15) is 5.82 Å². The summed E-state index contributed by atoms with van der Waals surface area (Å²) in [5.74, 6) is -1.79. The molecule has 7 nitrogen and oxygen atoms in total. The summed E-state index contributed by atoms with van der Waals surface area (Å²) in [7, 11) is 1.67. The number of carbonyl (C=O) groups excluding carboxylic acids is 1. The zero-order chi connectivity index (χ0) is 23.3. The lowest BCUT2D eigenvalue weighted by Gasteiger charge is -2.19. The van der Waals surface area contributed by atoms with E-state index in [2.05, 4.69) is 15.6 Å². The third-order valence-electron chi connectivity index (χ3n) is 4.78. The van der Waals surface area contributed by atoms with Crippen molar-refractivity contribution in [2.45, 2.75) is 24.9 Å². The average Bonchev–Trinajstić information content (AvgIpc) is 3.25. The van der Waals surface area contributed by atoms with E-state index in [1.807, 2.05) is 18.2 Å². The number of hydrogen-bond acceptors (Lipinski definition) is 6. The SMILES string of the molecule is CNC(CC(N)c1ccc(-c2ccc(CC(=O)O)nc2)s1)C(=O)Nc1ccc(F)c(Cl)c1. The van der Waals surface area contributed by atoms with Crippen LogP contribution < -0.4 is 16.4 Å². The molecule has 10 heteroatoms. The molecule has 3 rings (SSSR count). The first-order valence-electron chi connectivity index (χ1n) is 9.72. The third kappa shape index (κ3) is 6.10. The predicted octanol–water partition coefficient (Wildman–Crippen LogP) is 3.85. The van der Waals surface area contributed by atoms with Crippen molar-refractivity contribution < 1.29 is 19.1 Å². The molecule has 0 aliphatic carbocycles. The normalized spacial score (nSPS) is 12.9. The van der Waals surface area contributed by atoms with Crippen molar-refractivity contribution in [1.29, 1.82) is 0 Å². The smallest absolute Gasteiger partial charge is 0.309 e. The molecule has 0 saturated heterocycles. The van der Waals surface area contributed by atoms with Crippen molar-refractivity contribution in [1.82, 2.24) is 10.3 Å². The van der Waals surface area contributed by atoms with Gasteiger partial charge < -0.3 is 21.5 Å². The number of amides is 1. The van der Waals surface area contributed by atoms with Gasteiger partial charge in [-0.3, -0.25) is 14.6 Å². The third-order valence-corrected chi connectivity index (χ3v) is 6.33. The van der Waals surface area contributed by atoms with Gasteiger partial charge in [0.15, 0.2) is 0 Å². The number of carboxylic acids is 1. The first-order valence-corrected chi connectivity index (χ1v) is 10.9. The molecule has 2 aromatic heterocycles. The number of benzene rings is 1. The molecular formula is C22H22ClFN4O3S. The number of anilines is 1. The standard InChI is InChI=1S/C22H22ClFN4O3S/c1-26-18(22(31)28-14-4-5-16(24)15(23)8-14)10-17(25)20-7-6-19(32-20)12-2-3-13(27-11-12)9-21(29)30/h2-8,11,17-18,26H,9-10,25H2,1H3,(H,28,31)(H,29,30). The first kappa shape index (κ1) is 23.8. The Labute approximate surface area is 193 Å². The number of carbonyl (C=O) groups is 2. The van der Waals surface area contributed by atoms with Crippen molar-refractivity contribution in [3.8, 4) is 10.4 Å². The lowest BCUT2D eigenvalue weighted by molar-refractivity contribution is -0.136. The summed E-state index contributed by atoms with van der Waals surface area (Å²) < 4.78 is 13.3. The van der Waals surface area contributed by atoms with Gasteiger partial charge in [-0.05, 0) is 49.9 Å². The highest BCUT2D eigenvalue weighted by Crippen LogP contribution is 2.32. The number of likely N-dealkylation sites (N-methyl/N-ethyl adjacent to an activating group) is 1. The summed E-state index contributed by atoms with van der Waals surface area (Å²) >= 11 is 7.25. The minimum absolute atomic E-state index is 0.0721. The van der Waals surface area contributed by atoms with E-state index in [0.29, 0.717) is 17.8 Å². The zero-order valence-corrected chi connectivity index (χ0v) is 18.7. The summed E-state index contributed by atoms with van der Waals surface area (Å²) in [5.41, 5.74) is 8.10. The molecule has 1 amide bonds. The molecule has 2 heterocycles. The second kappa shape index (κ2) is 10.6. The van der Waals surface area contributed by atoms with Crippen molar-refractivity contribution in [3.05, 3.63) is 70.1 Å². The monoisotopic (exact) mass is 476 g/mol. The van der Waals surface area contributed by atoms with Crippen LogP contribution in [0.2, 0.25) is 5.02 Å². The summed E-state index contributed by atoms with van der Waals surface area (Å²) in [6.07, 6.45) is 1.85. The van der Waals surface area contributed by atoms with Crippen LogP contribution in [0.4, 0.5) is 10.1 Å². The van der Waals surface area contributed by atoms with Gasteiger partial charge in [0.2, 0.25) is 5.91 Å². The second-order valence-corrected chi connectivity index (χ2v) is 8.63. The van der Waals surface area contributed by atoms with Crippen LogP contribution in [0.15, 0.2) is 48.7 Å². The van der Waals surface area contributed by atoms with Gasteiger partial charge in [-0.25, -0.2) is 4.39 Å². The van der Waals surface area contributed by atoms with E-state index in [4.69, 9.17) is 22.4 Å². The van der Waals surface area contributed by atoms with Crippen LogP contribution in [0.25, 0.3) is 10.4 Å². The highest BCUT2D eigenvalue weighted by Gasteiger charge is 2.22. The number of aromatic nitrogens is 1. The van der Waals surface area contributed by atoms with E-state index in [1.165, 1.54) is 29.5 Å². The number of aliphatic carboxylic acids is 1. The predicted molar refractivity (Wildman–Crippen MR) is 123 cm³/mol. The van der Waals surface area contributed by atoms with Crippen LogP contribution in [0, 0.1) is 5.82 Å². The molecule has 0 bridgehead atoms. The van der Waals surface area contributed by atoms with Crippen LogP contribution in [0.3, 0.4) is 0 Å². The summed E-state index contributed by atoms with van der Waals surface area (Å²) in [6, 6.07) is 10.3. The molecule has 0 radical (unpaired) electrons. The molecular weight excluding hydrogens is 455 g/mol. The molecule has 168 valence electrons. The van der Waals surface area contributed by atoms with E-state index in [9.17, 15) is 14.0 Å². The van der Waals surface area contributed by atoms with Gasteiger partial charge in [-0.1, -0.05) is 17.7 Å². The molecule has 0 aliphatic heterocycles. The molecule has 1 aromatic carbocycles. The Morgan fingerprint density at radius 1 is 1.25 bits per heavy atom. The number of nitrogens with one attached hydrogen (secondary N) is 2. The van der Waals surface area contributed by atoms with Gasteiger partial charge in [0, 0.05) is 33.2 Å². The minimum atomic E-state index is -0.930. The number of nitrogens with zero attached hydrogens (tertiary/aromatic N) is 1. The molecule has 3 aromatic rings. The van der Waals surface area contributed by atoms with Crippen LogP contribution in [-0.2, 0) is 16.0 Å². The van der Waals surface area contributed by atoms with E-state index >= 15 is 0 Å². The Morgan fingerprint density at radius 2 is 2.03 bits per heavy atom. The quantitative estimate of drug-likeness (QED) is 0.372. The number of nitrogens with two attached hydrogens (primary N) is 1. The minimum Gasteiger partial charge on any atom is -0.481 e. The summed E-state index contributed by atoms with van der Waals surface area (Å²) in [4.78, 5) is 29.4. The largest absolute Gasteiger partial charge is 0.481 e. The number of hydrogen-bond donors (Lipinski definition) is 4. The van der Waals surface area contributed by atoms with Crippen LogP contribution >= 0.6 is 22.9 Å². The van der Waals surface area contributed by atoms with Crippen molar-refractivity contribution in [2.75, 3.05) is 12.4 Å². The van der Waals surface area contributed by atoms with Crippen LogP contribution in [0.5, 0.6) is 0 Å². The molecule has 5 N–H and O–H groups in total. The van der Waals surface area contributed by atoms with E-state index in [0.717, 1.165) is 15.3 Å². The van der Waals surface area contributed by atoms with Gasteiger partial charge in [-0.15, -0.1) is 11.3 Å². The fourth-order valence-corrected chi connectivity index (χ4v) is 4.26. The summed E-state index contributed by atoms with van der Waals surface area (Å²) in [6.45, 7) is 0. The number of carboxylic acid groups (broad SMARTS) is 1. The number of rotatable bonds is 9. The maximum Gasteiger partial charge on any atom is 0.309 e. The molecule has 2 unspecified atom stereocenters. The Morgan fingerprint density at radius 3 is 2.66 bits per heavy atom. The van der Waals surface area contributed by atoms with Gasteiger partial charge in [0.05, 0.1) is 23.2 Å². The number of pyridine rings is 1. The molecule has 0 fully saturated rings. The Kier molecular flexibility index (Phi) is 7.92. The molecule has 32 heavy (non-hydrogen) atoms. The van der Waals surface area contributed by atoms with Crippen LogP contribution in [0.1, 0.15) is 23.0 Å². The number of thiophene rings is 1. The van der Waals surface area contributed by atoms with Crippen molar-refractivity contribution in [3.63, 3.8) is 0 Å². The second-order valence-electron chi connectivity index (χ2n) is 7.11. The fraction of sp³-hybridized carbons (Fsp3) is 0.227. The van der Waals surface area contributed by atoms with Crippen molar-refractivity contribution >= 4 is 40.5 Å². The van der Waals surface area contributed by atoms with Gasteiger partial charge in [-0.2, -0.15) is 0 Å². The molecule has 0 aliphatic rings. The summed E-state index contributed by atoms with van der Waals surface area (Å²) in [5, 5.41) is 14.4. The Balaban J connectivity index is 1.64. The Hall–Kier alpha value is -2.85. The highest BCUT2D eigenvalue weighted by molar-refractivity contribution is 7.15. The fourth-order valence-electron chi connectivity index (χ4n) is 3.07. The lowest BCUT2D eigenvalue weighted by Crippen LogP contribution is -2.40. The highest BCUT2D eigenvalue weighted by atomic mass is 35.5. The van der Waals surface area contributed by atoms with Gasteiger partial charge in [0.25, 0.3) is 0 Å². The first-order chi connectivity index (χ1) is 15.3. The molecule has 0 saturated carbocycles. The zero-order valence-electron chi connectivity index (χ0n) is 17.1. The van der Waals surface area contributed by atoms with E-state index in [1.54, 1.807) is 19.3 Å². The van der Waals surface area contributed by atoms with Crippen LogP contribution in [-0.4, -0.2) is 35.1 Å². The van der Waals surface area contributed by atoms with E-state index in [-0.39, 0.29) is 17.4 Å². The van der Waals surface area contributed by atoms with Gasteiger partial charge >= 0.3 is 5.97 Å².